The maximum absolute atomic E-state index is 5.98. The zero-order valence-electron chi connectivity index (χ0n) is 11.9. The molecule has 0 spiro atoms. The van der Waals surface area contributed by atoms with Gasteiger partial charge in [0, 0.05) is 43.2 Å². The Morgan fingerprint density at radius 3 is 2.68 bits per heavy atom. The summed E-state index contributed by atoms with van der Waals surface area (Å²) in [6.07, 6.45) is 3.51. The van der Waals surface area contributed by atoms with Crippen molar-refractivity contribution in [3.05, 3.63) is 18.2 Å². The van der Waals surface area contributed by atoms with E-state index in [1.807, 2.05) is 12.1 Å². The number of hydrogen-bond acceptors (Lipinski definition) is 4. The number of nitrogens with zero attached hydrogens (tertiary/aromatic N) is 1. The van der Waals surface area contributed by atoms with Crippen LogP contribution in [0.4, 0.5) is 11.4 Å². The topological polar surface area (TPSA) is 47.7 Å². The van der Waals surface area contributed by atoms with E-state index in [0.29, 0.717) is 6.04 Å². The minimum atomic E-state index is 0.635. The summed E-state index contributed by atoms with van der Waals surface area (Å²) in [6, 6.07) is 6.63. The molecular formula is C15H24N2O2. The molecule has 0 radical (unpaired) electrons. The van der Waals surface area contributed by atoms with E-state index in [1.165, 1.54) is 12.8 Å². The molecule has 4 nitrogen and oxygen atoms in total. The highest BCUT2D eigenvalue weighted by Gasteiger charge is 2.29. The van der Waals surface area contributed by atoms with Crippen molar-refractivity contribution in [1.82, 2.24) is 0 Å². The lowest BCUT2D eigenvalue weighted by Gasteiger charge is -2.25. The van der Waals surface area contributed by atoms with Crippen molar-refractivity contribution in [2.45, 2.75) is 32.2 Å². The molecule has 1 aliphatic rings. The Balaban J connectivity index is 2.13. The molecule has 0 bridgehead atoms. The van der Waals surface area contributed by atoms with Gasteiger partial charge in [-0.15, -0.1) is 0 Å². The van der Waals surface area contributed by atoms with Crippen molar-refractivity contribution in [3.63, 3.8) is 0 Å². The molecule has 106 valence electrons. The van der Waals surface area contributed by atoms with Gasteiger partial charge >= 0.3 is 0 Å². The molecule has 0 atom stereocenters. The standard InChI is InChI=1S/C15H24N2O2/c1-3-7-19-15-10-12(16)9-14(11-15)17(6-8-18-2)13-4-5-13/h9-11,13H,3-8,16H2,1-2H3. The second-order valence-electron chi connectivity index (χ2n) is 5.03. The average molecular weight is 264 g/mol. The first-order chi connectivity index (χ1) is 9.24. The molecule has 0 aromatic heterocycles. The molecule has 4 heteroatoms. The molecule has 1 fully saturated rings. The van der Waals surface area contributed by atoms with Gasteiger partial charge in [0.1, 0.15) is 5.75 Å². The van der Waals surface area contributed by atoms with E-state index in [2.05, 4.69) is 17.9 Å². The van der Waals surface area contributed by atoms with E-state index in [0.717, 1.165) is 43.3 Å². The summed E-state index contributed by atoms with van der Waals surface area (Å²) in [4.78, 5) is 2.37. The van der Waals surface area contributed by atoms with E-state index in [1.54, 1.807) is 7.11 Å². The fourth-order valence-electron chi connectivity index (χ4n) is 2.17. The number of anilines is 2. The van der Waals surface area contributed by atoms with Crippen LogP contribution in [-0.2, 0) is 4.74 Å². The SMILES string of the molecule is CCCOc1cc(N)cc(N(CCOC)C2CC2)c1. The zero-order valence-corrected chi connectivity index (χ0v) is 11.9. The molecule has 2 N–H and O–H groups in total. The van der Waals surface area contributed by atoms with Crippen LogP contribution in [0, 0.1) is 0 Å². The van der Waals surface area contributed by atoms with Gasteiger partial charge in [-0.1, -0.05) is 6.92 Å². The smallest absolute Gasteiger partial charge is 0.123 e. The lowest BCUT2D eigenvalue weighted by molar-refractivity contribution is 0.205. The third-order valence-corrected chi connectivity index (χ3v) is 3.24. The van der Waals surface area contributed by atoms with Gasteiger partial charge in [0.2, 0.25) is 0 Å². The Morgan fingerprint density at radius 2 is 2.05 bits per heavy atom. The Hall–Kier alpha value is -1.42. The van der Waals surface area contributed by atoms with Crippen molar-refractivity contribution < 1.29 is 9.47 Å². The van der Waals surface area contributed by atoms with E-state index < -0.39 is 0 Å². The molecule has 1 aliphatic carbocycles. The summed E-state index contributed by atoms with van der Waals surface area (Å²) in [6.45, 7) is 4.46. The Kier molecular flexibility index (Phi) is 4.91. The monoisotopic (exact) mass is 264 g/mol. The first-order valence-corrected chi connectivity index (χ1v) is 7.03. The summed E-state index contributed by atoms with van der Waals surface area (Å²) in [5.74, 6) is 0.861. The number of nitrogens with two attached hydrogens (primary N) is 1. The molecule has 0 heterocycles. The largest absolute Gasteiger partial charge is 0.493 e. The maximum Gasteiger partial charge on any atom is 0.123 e. The van der Waals surface area contributed by atoms with Gasteiger partial charge in [0.15, 0.2) is 0 Å². The highest BCUT2D eigenvalue weighted by molar-refractivity contribution is 5.61. The molecule has 1 aromatic carbocycles. The molecule has 1 aromatic rings. The van der Waals surface area contributed by atoms with Gasteiger partial charge in [-0.2, -0.15) is 0 Å². The number of methoxy groups -OCH3 is 1. The van der Waals surface area contributed by atoms with Crippen LogP contribution in [0.1, 0.15) is 26.2 Å². The first kappa shape index (κ1) is 14.0. The number of nitrogen functional groups attached to an aromatic ring is 1. The number of ether oxygens (including phenoxy) is 2. The van der Waals surface area contributed by atoms with E-state index >= 15 is 0 Å². The van der Waals surface area contributed by atoms with Crippen LogP contribution in [0.5, 0.6) is 5.75 Å². The van der Waals surface area contributed by atoms with Gasteiger partial charge in [-0.25, -0.2) is 0 Å². The second-order valence-corrected chi connectivity index (χ2v) is 5.03. The normalized spacial score (nSPS) is 14.4. The fourth-order valence-corrected chi connectivity index (χ4v) is 2.17. The summed E-state index contributed by atoms with van der Waals surface area (Å²) >= 11 is 0. The first-order valence-electron chi connectivity index (χ1n) is 7.03. The average Bonchev–Trinajstić information content (AvgIpc) is 3.21. The third-order valence-electron chi connectivity index (χ3n) is 3.24. The molecule has 1 saturated carbocycles. The third kappa shape index (κ3) is 4.03. The van der Waals surface area contributed by atoms with Gasteiger partial charge in [0.25, 0.3) is 0 Å². The van der Waals surface area contributed by atoms with Crippen molar-refractivity contribution in [2.75, 3.05) is 37.5 Å². The van der Waals surface area contributed by atoms with Crippen LogP contribution >= 0.6 is 0 Å². The molecule has 0 unspecified atom stereocenters. The molecule has 0 aliphatic heterocycles. The summed E-state index contributed by atoms with van der Waals surface area (Å²) in [5.41, 5.74) is 7.88. The van der Waals surface area contributed by atoms with Crippen LogP contribution in [0.2, 0.25) is 0 Å². The maximum atomic E-state index is 5.98. The van der Waals surface area contributed by atoms with Crippen LogP contribution in [0.3, 0.4) is 0 Å². The lowest BCUT2D eigenvalue weighted by Crippen LogP contribution is -2.29. The van der Waals surface area contributed by atoms with Gasteiger partial charge < -0.3 is 20.1 Å². The zero-order chi connectivity index (χ0) is 13.7. The predicted molar refractivity (Wildman–Crippen MR) is 78.9 cm³/mol. The van der Waals surface area contributed by atoms with Crippen molar-refractivity contribution in [3.8, 4) is 5.75 Å². The highest BCUT2D eigenvalue weighted by atomic mass is 16.5. The molecule has 0 amide bonds. The quantitative estimate of drug-likeness (QED) is 0.733. The van der Waals surface area contributed by atoms with E-state index in [4.69, 9.17) is 15.2 Å². The summed E-state index contributed by atoms with van der Waals surface area (Å²) in [7, 11) is 1.74. The number of hydrogen-bond donors (Lipinski definition) is 1. The van der Waals surface area contributed by atoms with Crippen LogP contribution in [-0.4, -0.2) is 32.9 Å². The van der Waals surface area contributed by atoms with Crippen molar-refractivity contribution >= 4 is 11.4 Å². The van der Waals surface area contributed by atoms with Crippen LogP contribution < -0.4 is 15.4 Å². The Bertz CT molecular complexity index is 405. The predicted octanol–water partition coefficient (Wildman–Crippen LogP) is 2.67. The van der Waals surface area contributed by atoms with Crippen molar-refractivity contribution in [2.24, 2.45) is 0 Å². The summed E-state index contributed by atoms with van der Waals surface area (Å²) < 4.78 is 10.9. The molecule has 19 heavy (non-hydrogen) atoms. The summed E-state index contributed by atoms with van der Waals surface area (Å²) in [5, 5.41) is 0. The number of rotatable bonds is 8. The number of benzene rings is 1. The second kappa shape index (κ2) is 6.66. The van der Waals surface area contributed by atoms with E-state index in [9.17, 15) is 0 Å². The minimum Gasteiger partial charge on any atom is -0.493 e. The van der Waals surface area contributed by atoms with Gasteiger partial charge in [-0.05, 0) is 25.3 Å². The van der Waals surface area contributed by atoms with Crippen LogP contribution in [0.25, 0.3) is 0 Å². The van der Waals surface area contributed by atoms with Crippen molar-refractivity contribution in [1.29, 1.82) is 0 Å². The van der Waals surface area contributed by atoms with Gasteiger partial charge in [0.05, 0.1) is 13.2 Å². The Labute approximate surface area is 115 Å². The minimum absolute atomic E-state index is 0.635. The Morgan fingerprint density at radius 1 is 1.26 bits per heavy atom. The van der Waals surface area contributed by atoms with Crippen LogP contribution in [0.15, 0.2) is 18.2 Å². The van der Waals surface area contributed by atoms with E-state index in [-0.39, 0.29) is 0 Å². The molecule has 0 saturated heterocycles. The lowest BCUT2D eigenvalue weighted by atomic mass is 10.2. The molecule has 2 rings (SSSR count). The highest BCUT2D eigenvalue weighted by Crippen LogP contribution is 2.34. The fraction of sp³-hybridized carbons (Fsp3) is 0.600. The van der Waals surface area contributed by atoms with Gasteiger partial charge in [-0.3, -0.25) is 0 Å². The molecular weight excluding hydrogens is 240 g/mol.